The molecule has 0 aliphatic carbocycles. The lowest BCUT2D eigenvalue weighted by Gasteiger charge is -2.19. The summed E-state index contributed by atoms with van der Waals surface area (Å²) in [6.45, 7) is 6.68. The summed E-state index contributed by atoms with van der Waals surface area (Å²) in [6.07, 6.45) is 0. The van der Waals surface area contributed by atoms with Crippen molar-refractivity contribution >= 4 is 23.4 Å². The third kappa shape index (κ3) is 6.04. The quantitative estimate of drug-likeness (QED) is 0.533. The Balaban J connectivity index is 1.53. The number of amides is 1. The maximum Gasteiger partial charge on any atom is 0.234 e. The van der Waals surface area contributed by atoms with Crippen molar-refractivity contribution in [3.05, 3.63) is 65.5 Å². The van der Waals surface area contributed by atoms with Gasteiger partial charge in [0.1, 0.15) is 24.0 Å². The highest BCUT2D eigenvalue weighted by Crippen LogP contribution is 2.25. The summed E-state index contributed by atoms with van der Waals surface area (Å²) in [5, 5.41) is 11.1. The summed E-state index contributed by atoms with van der Waals surface area (Å²) < 4.78 is 34.1. The highest BCUT2D eigenvalue weighted by atomic mass is 32.2. The highest BCUT2D eigenvalue weighted by molar-refractivity contribution is 7.99. The van der Waals surface area contributed by atoms with E-state index in [4.69, 9.17) is 4.74 Å². The first-order chi connectivity index (χ1) is 14.6. The van der Waals surface area contributed by atoms with Crippen LogP contribution in [0.2, 0.25) is 0 Å². The van der Waals surface area contributed by atoms with Gasteiger partial charge in [-0.1, -0.05) is 44.7 Å². The predicted molar refractivity (Wildman–Crippen MR) is 116 cm³/mol. The number of benzene rings is 2. The van der Waals surface area contributed by atoms with Crippen LogP contribution < -0.4 is 10.1 Å². The van der Waals surface area contributed by atoms with E-state index >= 15 is 0 Å². The maximum atomic E-state index is 13.6. The lowest BCUT2D eigenvalue weighted by atomic mass is 9.87. The number of ether oxygens (including phenoxy) is 1. The van der Waals surface area contributed by atoms with Gasteiger partial charge >= 0.3 is 0 Å². The molecule has 3 rings (SSSR count). The molecular weight excluding hydrogens is 422 g/mol. The average molecular weight is 447 g/mol. The Morgan fingerprint density at radius 2 is 1.84 bits per heavy atom. The number of nitrogens with zero attached hydrogens (tertiary/aromatic N) is 3. The fraction of sp³-hybridized carbons (Fsp3) is 0.318. The first-order valence-corrected chi connectivity index (χ1v) is 10.6. The Hall–Kier alpha value is -2.94. The number of anilines is 1. The van der Waals surface area contributed by atoms with Crippen molar-refractivity contribution in [2.24, 2.45) is 7.05 Å². The predicted octanol–water partition coefficient (Wildman–Crippen LogP) is 4.70. The second-order valence-corrected chi connectivity index (χ2v) is 8.92. The summed E-state index contributed by atoms with van der Waals surface area (Å²) >= 11 is 1.16. The molecule has 0 spiro atoms. The summed E-state index contributed by atoms with van der Waals surface area (Å²) in [5.41, 5.74) is 1.22. The number of rotatable bonds is 7. The van der Waals surface area contributed by atoms with Gasteiger partial charge in [0.25, 0.3) is 0 Å². The van der Waals surface area contributed by atoms with E-state index in [1.807, 2.05) is 24.3 Å². The van der Waals surface area contributed by atoms with E-state index in [1.54, 1.807) is 11.6 Å². The topological polar surface area (TPSA) is 69.0 Å². The lowest BCUT2D eigenvalue weighted by Crippen LogP contribution is -2.15. The Morgan fingerprint density at radius 1 is 1.13 bits per heavy atom. The van der Waals surface area contributed by atoms with E-state index in [9.17, 15) is 13.6 Å². The van der Waals surface area contributed by atoms with Gasteiger partial charge in [-0.3, -0.25) is 4.79 Å². The monoisotopic (exact) mass is 446 g/mol. The van der Waals surface area contributed by atoms with E-state index in [0.717, 1.165) is 23.6 Å². The SMILES string of the molecule is Cn1c(COc2ccc(C(C)(C)C)cc2)nnc1SCC(=O)Nc1ccc(F)cc1F. The molecule has 6 nitrogen and oxygen atoms in total. The fourth-order valence-electron chi connectivity index (χ4n) is 2.70. The Bertz CT molecular complexity index is 1060. The van der Waals surface area contributed by atoms with E-state index in [2.05, 4.69) is 36.3 Å². The molecule has 0 aliphatic rings. The first kappa shape index (κ1) is 22.7. The van der Waals surface area contributed by atoms with E-state index in [1.165, 1.54) is 11.6 Å². The molecule has 1 N–H and O–H groups in total. The molecule has 0 fully saturated rings. The van der Waals surface area contributed by atoms with E-state index in [-0.39, 0.29) is 23.5 Å². The minimum absolute atomic E-state index is 0.00207. The van der Waals surface area contributed by atoms with Gasteiger partial charge in [-0.2, -0.15) is 0 Å². The molecule has 0 aliphatic heterocycles. The van der Waals surface area contributed by atoms with Crippen molar-refractivity contribution in [2.75, 3.05) is 11.1 Å². The maximum absolute atomic E-state index is 13.6. The van der Waals surface area contributed by atoms with E-state index < -0.39 is 17.5 Å². The summed E-state index contributed by atoms with van der Waals surface area (Å²) in [4.78, 5) is 12.1. The number of halogens is 2. The van der Waals surface area contributed by atoms with Crippen molar-refractivity contribution in [3.63, 3.8) is 0 Å². The van der Waals surface area contributed by atoms with Crippen LogP contribution in [0.15, 0.2) is 47.6 Å². The Kier molecular flexibility index (Phi) is 6.94. The zero-order chi connectivity index (χ0) is 22.6. The van der Waals surface area contributed by atoms with E-state index in [0.29, 0.717) is 17.0 Å². The van der Waals surface area contributed by atoms with Crippen LogP contribution in [-0.4, -0.2) is 26.4 Å². The minimum Gasteiger partial charge on any atom is -0.486 e. The molecule has 164 valence electrons. The standard InChI is InChI=1S/C22H24F2N4O2S/c1-22(2,3)14-5-8-16(9-6-14)30-12-19-26-27-21(28(19)4)31-13-20(29)25-18-10-7-15(23)11-17(18)24/h5-11H,12-13H2,1-4H3,(H,25,29). The Labute approximate surface area is 184 Å². The number of carbonyl (C=O) groups excluding carboxylic acids is 1. The molecule has 0 radical (unpaired) electrons. The number of carbonyl (C=O) groups is 1. The zero-order valence-electron chi connectivity index (χ0n) is 17.8. The molecule has 2 aromatic carbocycles. The molecule has 0 atom stereocenters. The number of nitrogens with one attached hydrogen (secondary N) is 1. The largest absolute Gasteiger partial charge is 0.486 e. The number of hydrogen-bond donors (Lipinski definition) is 1. The van der Waals surface area contributed by atoms with Crippen LogP contribution in [0.25, 0.3) is 0 Å². The fourth-order valence-corrected chi connectivity index (χ4v) is 3.43. The molecule has 31 heavy (non-hydrogen) atoms. The van der Waals surface area contributed by atoms with Gasteiger partial charge < -0.3 is 14.6 Å². The van der Waals surface area contributed by atoms with Gasteiger partial charge in [0.05, 0.1) is 11.4 Å². The van der Waals surface area contributed by atoms with Gasteiger partial charge in [0, 0.05) is 13.1 Å². The lowest BCUT2D eigenvalue weighted by molar-refractivity contribution is -0.113. The number of aromatic nitrogens is 3. The second-order valence-electron chi connectivity index (χ2n) is 7.98. The Morgan fingerprint density at radius 3 is 2.48 bits per heavy atom. The van der Waals surface area contributed by atoms with Crippen LogP contribution in [-0.2, 0) is 23.9 Å². The normalized spacial score (nSPS) is 11.4. The van der Waals surface area contributed by atoms with Gasteiger partial charge in [-0.25, -0.2) is 8.78 Å². The van der Waals surface area contributed by atoms with Gasteiger partial charge in [0.2, 0.25) is 5.91 Å². The van der Waals surface area contributed by atoms with Crippen LogP contribution in [0, 0.1) is 11.6 Å². The van der Waals surface area contributed by atoms with Crippen molar-refractivity contribution < 1.29 is 18.3 Å². The smallest absolute Gasteiger partial charge is 0.234 e. The molecule has 0 bridgehead atoms. The molecular formula is C22H24F2N4O2S. The molecule has 3 aromatic rings. The molecule has 9 heteroatoms. The van der Waals surface area contributed by atoms with Crippen LogP contribution in [0.5, 0.6) is 5.75 Å². The average Bonchev–Trinajstić information content (AvgIpc) is 3.06. The molecule has 0 saturated carbocycles. The van der Waals surface area contributed by atoms with Crippen molar-refractivity contribution in [3.8, 4) is 5.75 Å². The first-order valence-electron chi connectivity index (χ1n) is 9.63. The van der Waals surface area contributed by atoms with Crippen LogP contribution >= 0.6 is 11.8 Å². The molecule has 1 amide bonds. The molecule has 0 unspecified atom stereocenters. The van der Waals surface area contributed by atoms with Gasteiger partial charge in [0.15, 0.2) is 11.0 Å². The minimum atomic E-state index is -0.827. The van der Waals surface area contributed by atoms with Gasteiger partial charge in [-0.05, 0) is 35.2 Å². The van der Waals surface area contributed by atoms with Gasteiger partial charge in [-0.15, -0.1) is 10.2 Å². The molecule has 1 aromatic heterocycles. The van der Waals surface area contributed by atoms with Crippen molar-refractivity contribution in [1.82, 2.24) is 14.8 Å². The highest BCUT2D eigenvalue weighted by Gasteiger charge is 2.15. The third-order valence-corrected chi connectivity index (χ3v) is 5.57. The molecule has 1 heterocycles. The molecule has 0 saturated heterocycles. The third-order valence-electron chi connectivity index (χ3n) is 4.55. The van der Waals surface area contributed by atoms with Crippen LogP contribution in [0.4, 0.5) is 14.5 Å². The zero-order valence-corrected chi connectivity index (χ0v) is 18.6. The second kappa shape index (κ2) is 9.47. The van der Waals surface area contributed by atoms with Crippen LogP contribution in [0.1, 0.15) is 32.2 Å². The summed E-state index contributed by atoms with van der Waals surface area (Å²) in [5.74, 6) is -0.637. The van der Waals surface area contributed by atoms with Crippen molar-refractivity contribution in [2.45, 2.75) is 37.9 Å². The number of thioether (sulfide) groups is 1. The van der Waals surface area contributed by atoms with Crippen LogP contribution in [0.3, 0.4) is 0 Å². The number of hydrogen-bond acceptors (Lipinski definition) is 5. The summed E-state index contributed by atoms with van der Waals surface area (Å²) in [7, 11) is 1.78. The van der Waals surface area contributed by atoms with Crippen molar-refractivity contribution in [1.29, 1.82) is 0 Å². The summed E-state index contributed by atoms with van der Waals surface area (Å²) in [6, 6.07) is 10.9.